The molecule has 9 heteroatoms. The van der Waals surface area contributed by atoms with Gasteiger partial charge in [-0.25, -0.2) is 4.98 Å². The molecule has 3 aromatic rings. The van der Waals surface area contributed by atoms with Gasteiger partial charge in [0.05, 0.1) is 0 Å². The molecule has 0 saturated heterocycles. The van der Waals surface area contributed by atoms with Crippen molar-refractivity contribution in [3.05, 3.63) is 56.4 Å². The van der Waals surface area contributed by atoms with Crippen molar-refractivity contribution in [2.45, 2.75) is 19.8 Å². The molecule has 2 heterocycles. The van der Waals surface area contributed by atoms with Gasteiger partial charge >= 0.3 is 0 Å². The van der Waals surface area contributed by atoms with Crippen LogP contribution in [0, 0.1) is 0 Å². The maximum atomic E-state index is 12.3. The van der Waals surface area contributed by atoms with E-state index in [1.165, 1.54) is 17.5 Å². The van der Waals surface area contributed by atoms with E-state index in [0.717, 1.165) is 5.01 Å². The van der Waals surface area contributed by atoms with E-state index < -0.39 is 11.5 Å². The number of halogens is 1. The van der Waals surface area contributed by atoms with Gasteiger partial charge in [-0.2, -0.15) is 0 Å². The molecule has 1 amide bonds. The maximum Gasteiger partial charge on any atom is 0.264 e. The Hall–Kier alpha value is -2.58. The maximum absolute atomic E-state index is 12.3. The molecule has 0 fully saturated rings. The van der Waals surface area contributed by atoms with Crippen molar-refractivity contribution in [1.29, 1.82) is 0 Å². The van der Waals surface area contributed by atoms with Crippen LogP contribution in [0.2, 0.25) is 5.02 Å². The van der Waals surface area contributed by atoms with Crippen LogP contribution in [0.25, 0.3) is 11.4 Å². The van der Waals surface area contributed by atoms with E-state index in [4.69, 9.17) is 11.6 Å². The zero-order chi connectivity index (χ0) is 18.0. The Morgan fingerprint density at radius 3 is 2.56 bits per heavy atom. The third-order valence-corrected chi connectivity index (χ3v) is 4.71. The van der Waals surface area contributed by atoms with Gasteiger partial charge in [0.1, 0.15) is 16.4 Å². The highest BCUT2D eigenvalue weighted by molar-refractivity contribution is 7.15. The van der Waals surface area contributed by atoms with Crippen LogP contribution in [0.15, 0.2) is 35.3 Å². The number of nitrogens with one attached hydrogen (secondary N) is 2. The van der Waals surface area contributed by atoms with Crippen LogP contribution in [0.5, 0.6) is 0 Å². The lowest BCUT2D eigenvalue weighted by atomic mass is 10.2. The van der Waals surface area contributed by atoms with Gasteiger partial charge in [0, 0.05) is 22.7 Å². The third kappa shape index (κ3) is 3.92. The Balaban J connectivity index is 1.81. The largest absolute Gasteiger partial charge is 0.306 e. The summed E-state index contributed by atoms with van der Waals surface area (Å²) in [5.74, 6) is -0.00836. The first-order valence-electron chi connectivity index (χ1n) is 7.44. The minimum Gasteiger partial charge on any atom is -0.306 e. The average molecular weight is 376 g/mol. The first-order chi connectivity index (χ1) is 11.9. The van der Waals surface area contributed by atoms with Gasteiger partial charge in [0.25, 0.3) is 11.5 Å². The van der Waals surface area contributed by atoms with Crippen molar-refractivity contribution >= 4 is 34.0 Å². The first kappa shape index (κ1) is 17.2. The molecule has 128 valence electrons. The van der Waals surface area contributed by atoms with Crippen LogP contribution in [-0.4, -0.2) is 26.1 Å². The van der Waals surface area contributed by atoms with Crippen LogP contribution in [0.4, 0.5) is 5.13 Å². The molecule has 2 N–H and O–H groups in total. The highest BCUT2D eigenvalue weighted by atomic mass is 35.5. The summed E-state index contributed by atoms with van der Waals surface area (Å²) in [5, 5.41) is 12.2. The van der Waals surface area contributed by atoms with Crippen molar-refractivity contribution in [3.63, 3.8) is 0 Å². The van der Waals surface area contributed by atoms with Crippen LogP contribution >= 0.6 is 22.9 Å². The van der Waals surface area contributed by atoms with Crippen molar-refractivity contribution in [1.82, 2.24) is 20.2 Å². The van der Waals surface area contributed by atoms with Gasteiger partial charge in [0.2, 0.25) is 5.13 Å². The fourth-order valence-electron chi connectivity index (χ4n) is 1.99. The van der Waals surface area contributed by atoms with E-state index in [0.29, 0.717) is 21.5 Å². The number of rotatable bonds is 4. The molecular formula is C16H14ClN5O2S. The molecule has 0 aliphatic carbocycles. The number of hydrogen-bond acceptors (Lipinski definition) is 6. The number of H-pyrrole nitrogens is 1. The summed E-state index contributed by atoms with van der Waals surface area (Å²) in [6.45, 7) is 3.96. The lowest BCUT2D eigenvalue weighted by molar-refractivity contribution is 0.102. The van der Waals surface area contributed by atoms with Gasteiger partial charge in [-0.1, -0.05) is 36.8 Å². The second-order valence-corrected chi connectivity index (χ2v) is 6.98. The van der Waals surface area contributed by atoms with Crippen molar-refractivity contribution < 1.29 is 4.79 Å². The van der Waals surface area contributed by atoms with E-state index in [1.54, 1.807) is 24.3 Å². The predicted molar refractivity (Wildman–Crippen MR) is 97.3 cm³/mol. The summed E-state index contributed by atoms with van der Waals surface area (Å²) in [5.41, 5.74) is 0.0595. The van der Waals surface area contributed by atoms with Crippen molar-refractivity contribution in [2.75, 3.05) is 5.32 Å². The number of carbonyl (C=O) groups is 1. The molecule has 0 spiro atoms. The van der Waals surface area contributed by atoms with E-state index >= 15 is 0 Å². The molecule has 0 saturated carbocycles. The fraction of sp³-hybridized carbons (Fsp3) is 0.188. The molecule has 7 nitrogen and oxygen atoms in total. The molecule has 0 radical (unpaired) electrons. The highest BCUT2D eigenvalue weighted by Crippen LogP contribution is 2.22. The van der Waals surface area contributed by atoms with Crippen molar-refractivity contribution in [2.24, 2.45) is 0 Å². The number of aromatic nitrogens is 4. The predicted octanol–water partition coefficient (Wildman–Crippen LogP) is 3.32. The lowest BCUT2D eigenvalue weighted by Gasteiger charge is -2.03. The zero-order valence-corrected chi connectivity index (χ0v) is 15.0. The minimum absolute atomic E-state index is 0.0981. The Morgan fingerprint density at radius 2 is 1.96 bits per heavy atom. The number of carbonyl (C=O) groups excluding carboxylic acids is 1. The Morgan fingerprint density at radius 1 is 1.24 bits per heavy atom. The van der Waals surface area contributed by atoms with Crippen LogP contribution < -0.4 is 10.9 Å². The molecular weight excluding hydrogens is 362 g/mol. The van der Waals surface area contributed by atoms with E-state index in [2.05, 4.69) is 25.5 Å². The van der Waals surface area contributed by atoms with Crippen LogP contribution in [0.3, 0.4) is 0 Å². The average Bonchev–Trinajstić information content (AvgIpc) is 3.04. The quantitative estimate of drug-likeness (QED) is 0.728. The normalized spacial score (nSPS) is 10.9. The lowest BCUT2D eigenvalue weighted by Crippen LogP contribution is -2.24. The van der Waals surface area contributed by atoms with Crippen LogP contribution in [0.1, 0.15) is 35.1 Å². The van der Waals surface area contributed by atoms with Gasteiger partial charge in [-0.15, -0.1) is 10.2 Å². The summed E-state index contributed by atoms with van der Waals surface area (Å²) >= 11 is 7.11. The Labute approximate surface area is 152 Å². The fourth-order valence-corrected chi connectivity index (χ4v) is 2.86. The second-order valence-electron chi connectivity index (χ2n) is 5.54. The number of aromatic amines is 1. The molecule has 3 rings (SSSR count). The monoisotopic (exact) mass is 375 g/mol. The van der Waals surface area contributed by atoms with Gasteiger partial charge in [-0.05, 0) is 24.3 Å². The number of hydrogen-bond donors (Lipinski definition) is 2. The summed E-state index contributed by atoms with van der Waals surface area (Å²) in [7, 11) is 0. The zero-order valence-electron chi connectivity index (χ0n) is 13.4. The smallest absolute Gasteiger partial charge is 0.264 e. The van der Waals surface area contributed by atoms with E-state index in [-0.39, 0.29) is 11.5 Å². The molecule has 1 aromatic carbocycles. The van der Waals surface area contributed by atoms with Gasteiger partial charge in [0.15, 0.2) is 0 Å². The van der Waals surface area contributed by atoms with Gasteiger partial charge < -0.3 is 4.98 Å². The number of nitrogens with zero attached hydrogens (tertiary/aromatic N) is 3. The third-order valence-electron chi connectivity index (χ3n) is 3.32. The topological polar surface area (TPSA) is 101 Å². The molecule has 0 unspecified atom stereocenters. The molecule has 0 atom stereocenters. The van der Waals surface area contributed by atoms with E-state index in [9.17, 15) is 9.59 Å². The molecule has 0 aliphatic heterocycles. The van der Waals surface area contributed by atoms with Crippen molar-refractivity contribution in [3.8, 4) is 11.4 Å². The Bertz CT molecular complexity index is 965. The standard InChI is InChI=1S/C16H14ClN5O2S/c1-8(2)15-21-22-16(25-15)20-14(24)11-7-18-12(19-13(11)23)9-3-5-10(17)6-4-9/h3-8H,1-2H3,(H,18,19,23)(H,20,22,24). The highest BCUT2D eigenvalue weighted by Gasteiger charge is 2.16. The molecule has 0 aliphatic rings. The molecule has 25 heavy (non-hydrogen) atoms. The number of anilines is 1. The Kier molecular flexibility index (Phi) is 4.91. The molecule has 2 aromatic heterocycles. The number of amides is 1. The summed E-state index contributed by atoms with van der Waals surface area (Å²) in [6, 6.07) is 6.85. The summed E-state index contributed by atoms with van der Waals surface area (Å²) in [4.78, 5) is 31.2. The second kappa shape index (κ2) is 7.12. The summed E-state index contributed by atoms with van der Waals surface area (Å²) < 4.78 is 0. The van der Waals surface area contributed by atoms with Crippen LogP contribution in [-0.2, 0) is 0 Å². The van der Waals surface area contributed by atoms with Gasteiger partial charge in [-0.3, -0.25) is 14.9 Å². The number of benzene rings is 1. The first-order valence-corrected chi connectivity index (χ1v) is 8.63. The van der Waals surface area contributed by atoms with E-state index in [1.807, 2.05) is 13.8 Å². The summed E-state index contributed by atoms with van der Waals surface area (Å²) in [6.07, 6.45) is 1.24. The SMILES string of the molecule is CC(C)c1nnc(NC(=O)c2cnc(-c3ccc(Cl)cc3)[nH]c2=O)s1. The minimum atomic E-state index is -0.581. The molecule has 0 bridgehead atoms.